The first-order chi connectivity index (χ1) is 19.8. The number of aromatic nitrogens is 2. The first kappa shape index (κ1) is 21.1. The summed E-state index contributed by atoms with van der Waals surface area (Å²) in [6, 6.07) is 42.5. The number of hydrogen-bond donors (Lipinski definition) is 0. The Labute approximate surface area is 228 Å². The summed E-state index contributed by atoms with van der Waals surface area (Å²) in [7, 11) is 0. The average Bonchev–Trinajstić information content (AvgIpc) is 3.52. The highest BCUT2D eigenvalue weighted by atomic mass is 15.0. The number of hydrogen-bond acceptors (Lipinski definition) is 2. The molecular weight excluding hydrogens is 488 g/mol. The van der Waals surface area contributed by atoms with Crippen LogP contribution >= 0.6 is 0 Å². The number of pyridine rings is 1. The third-order valence-electron chi connectivity index (χ3n) is 8.44. The van der Waals surface area contributed by atoms with E-state index in [0.29, 0.717) is 11.1 Å². The molecule has 0 unspecified atom stereocenters. The van der Waals surface area contributed by atoms with Crippen molar-refractivity contribution in [1.82, 2.24) is 8.97 Å². The molecule has 40 heavy (non-hydrogen) atoms. The van der Waals surface area contributed by atoms with Crippen molar-refractivity contribution in [3.8, 4) is 17.8 Å². The molecule has 0 aliphatic heterocycles. The predicted octanol–water partition coefficient (Wildman–Crippen LogP) is 8.83. The zero-order chi connectivity index (χ0) is 26.5. The van der Waals surface area contributed by atoms with E-state index in [4.69, 9.17) is 0 Å². The molecule has 0 radical (unpaired) electrons. The van der Waals surface area contributed by atoms with Crippen molar-refractivity contribution in [3.05, 3.63) is 120 Å². The third-order valence-corrected chi connectivity index (χ3v) is 8.44. The molecule has 4 heteroatoms. The summed E-state index contributed by atoms with van der Waals surface area (Å²) >= 11 is 0. The first-order valence-electron chi connectivity index (χ1n) is 13.2. The third kappa shape index (κ3) is 2.48. The van der Waals surface area contributed by atoms with Gasteiger partial charge in [-0.2, -0.15) is 10.5 Å². The Hall–Kier alpha value is -5.84. The number of nitrogens with zero attached hydrogens (tertiary/aromatic N) is 4. The van der Waals surface area contributed by atoms with Crippen LogP contribution in [0.1, 0.15) is 11.1 Å². The molecule has 9 aromatic rings. The van der Waals surface area contributed by atoms with Gasteiger partial charge in [-0.25, -0.2) is 0 Å². The van der Waals surface area contributed by atoms with Crippen molar-refractivity contribution in [2.24, 2.45) is 0 Å². The van der Waals surface area contributed by atoms with Crippen LogP contribution in [0.15, 0.2) is 109 Å². The summed E-state index contributed by atoms with van der Waals surface area (Å²) < 4.78 is 4.65. The number of fused-ring (bicyclic) bond motifs is 9. The zero-order valence-corrected chi connectivity index (χ0v) is 21.2. The molecule has 0 spiro atoms. The number of benzene rings is 6. The summed E-state index contributed by atoms with van der Waals surface area (Å²) in [6.45, 7) is 0. The topological polar surface area (TPSA) is 56.9 Å². The lowest BCUT2D eigenvalue weighted by Gasteiger charge is -2.20. The second-order valence-electron chi connectivity index (χ2n) is 10.4. The molecule has 182 valence electrons. The van der Waals surface area contributed by atoms with Gasteiger partial charge in [-0.15, -0.1) is 0 Å². The summed E-state index contributed by atoms with van der Waals surface area (Å²) in [6.07, 6.45) is 0. The van der Waals surface area contributed by atoms with Gasteiger partial charge in [0.05, 0.1) is 50.8 Å². The minimum atomic E-state index is 0.613. The zero-order valence-electron chi connectivity index (χ0n) is 21.2. The molecule has 0 saturated carbocycles. The molecule has 0 atom stereocenters. The molecule has 0 aliphatic rings. The predicted molar refractivity (Wildman–Crippen MR) is 162 cm³/mol. The summed E-state index contributed by atoms with van der Waals surface area (Å²) in [5, 5.41) is 28.8. The molecule has 3 heterocycles. The molecule has 0 N–H and O–H groups in total. The Morgan fingerprint density at radius 3 is 1.90 bits per heavy atom. The van der Waals surface area contributed by atoms with Crippen LogP contribution in [-0.4, -0.2) is 8.97 Å². The van der Waals surface area contributed by atoms with Gasteiger partial charge in [0.25, 0.3) is 0 Å². The highest BCUT2D eigenvalue weighted by Gasteiger charge is 2.24. The fraction of sp³-hybridized carbons (Fsp3) is 0. The van der Waals surface area contributed by atoms with Crippen molar-refractivity contribution in [3.63, 3.8) is 0 Å². The van der Waals surface area contributed by atoms with Crippen LogP contribution in [0.25, 0.3) is 76.4 Å². The van der Waals surface area contributed by atoms with Gasteiger partial charge in [0.2, 0.25) is 0 Å². The summed E-state index contributed by atoms with van der Waals surface area (Å²) in [5.74, 6) is 0. The highest BCUT2D eigenvalue weighted by Crippen LogP contribution is 2.46. The maximum absolute atomic E-state index is 9.79. The van der Waals surface area contributed by atoms with Crippen LogP contribution in [0, 0.1) is 22.7 Å². The monoisotopic (exact) mass is 506 g/mol. The van der Waals surface area contributed by atoms with Crippen LogP contribution in [0.5, 0.6) is 0 Å². The van der Waals surface area contributed by atoms with E-state index in [9.17, 15) is 10.5 Å². The lowest BCUT2D eigenvalue weighted by atomic mass is 9.95. The largest absolute Gasteiger partial charge is 0.309 e. The van der Waals surface area contributed by atoms with Crippen molar-refractivity contribution in [2.45, 2.75) is 0 Å². The maximum Gasteiger partial charge on any atom is 0.0992 e. The SMILES string of the molecule is N#Cc1ccc2c3cc4c5cccc6cccc(c65)n(-c5ccccc5)c4c4c5ccc(C#N)cc5n(c2c1)c34. The van der Waals surface area contributed by atoms with Crippen LogP contribution in [-0.2, 0) is 0 Å². The molecule has 3 aromatic heterocycles. The minimum Gasteiger partial charge on any atom is -0.309 e. The fourth-order valence-corrected chi connectivity index (χ4v) is 6.87. The van der Waals surface area contributed by atoms with Gasteiger partial charge in [0.1, 0.15) is 0 Å². The molecule has 0 aliphatic carbocycles. The molecule has 0 fully saturated rings. The average molecular weight is 507 g/mol. The van der Waals surface area contributed by atoms with E-state index in [0.717, 1.165) is 54.8 Å². The van der Waals surface area contributed by atoms with E-state index in [1.807, 2.05) is 24.3 Å². The summed E-state index contributed by atoms with van der Waals surface area (Å²) in [5.41, 5.74) is 7.68. The van der Waals surface area contributed by atoms with Crippen molar-refractivity contribution in [1.29, 1.82) is 10.5 Å². The molecule has 9 rings (SSSR count). The Morgan fingerprint density at radius 2 is 1.15 bits per heavy atom. The second kappa shape index (κ2) is 7.38. The van der Waals surface area contributed by atoms with E-state index < -0.39 is 0 Å². The normalized spacial score (nSPS) is 11.9. The van der Waals surface area contributed by atoms with E-state index in [2.05, 4.69) is 106 Å². The van der Waals surface area contributed by atoms with Gasteiger partial charge in [-0.05, 0) is 59.3 Å². The van der Waals surface area contributed by atoms with E-state index in [1.54, 1.807) is 0 Å². The van der Waals surface area contributed by atoms with Gasteiger partial charge in [0, 0.05) is 38.0 Å². The lowest BCUT2D eigenvalue weighted by Crippen LogP contribution is -2.01. The van der Waals surface area contributed by atoms with Crippen LogP contribution in [0.2, 0.25) is 0 Å². The van der Waals surface area contributed by atoms with Crippen LogP contribution in [0.4, 0.5) is 0 Å². The highest BCUT2D eigenvalue weighted by molar-refractivity contribution is 6.35. The molecule has 0 amide bonds. The van der Waals surface area contributed by atoms with E-state index in [1.165, 1.54) is 21.5 Å². The number of para-hydroxylation sites is 1. The van der Waals surface area contributed by atoms with Gasteiger partial charge in [-0.1, -0.05) is 60.7 Å². The Bertz CT molecular complexity index is 2600. The van der Waals surface area contributed by atoms with Crippen molar-refractivity contribution in [2.75, 3.05) is 0 Å². The quantitative estimate of drug-likeness (QED) is 0.165. The molecule has 0 saturated heterocycles. The number of nitriles is 2. The smallest absolute Gasteiger partial charge is 0.0992 e. The minimum absolute atomic E-state index is 0.613. The van der Waals surface area contributed by atoms with Gasteiger partial charge in [0.15, 0.2) is 0 Å². The van der Waals surface area contributed by atoms with E-state index in [-0.39, 0.29) is 0 Å². The molecular formula is C36H18N4. The molecule has 0 bridgehead atoms. The second-order valence-corrected chi connectivity index (χ2v) is 10.4. The first-order valence-corrected chi connectivity index (χ1v) is 13.2. The fourth-order valence-electron chi connectivity index (χ4n) is 6.87. The van der Waals surface area contributed by atoms with Crippen LogP contribution in [0.3, 0.4) is 0 Å². The number of rotatable bonds is 1. The van der Waals surface area contributed by atoms with Crippen molar-refractivity contribution < 1.29 is 0 Å². The van der Waals surface area contributed by atoms with Gasteiger partial charge < -0.3 is 8.97 Å². The van der Waals surface area contributed by atoms with E-state index >= 15 is 0 Å². The maximum atomic E-state index is 9.79. The standard InChI is InChI=1S/C36H18N4/c37-19-21-12-14-25-28-18-29-26-10-4-6-23-7-5-11-30(33(23)26)39(24-8-2-1-3-9-24)35(29)34-27-15-13-22(20-38)17-32(27)40(36(28)34)31(25)16-21/h1-18H. The van der Waals surface area contributed by atoms with Gasteiger partial charge in [-0.3, -0.25) is 0 Å². The molecule has 6 aromatic carbocycles. The Morgan fingerprint density at radius 1 is 0.475 bits per heavy atom. The van der Waals surface area contributed by atoms with Crippen molar-refractivity contribution >= 4 is 70.7 Å². The lowest BCUT2D eigenvalue weighted by molar-refractivity contribution is 1.18. The Kier molecular flexibility index (Phi) is 3.90. The van der Waals surface area contributed by atoms with Gasteiger partial charge >= 0.3 is 0 Å². The molecule has 4 nitrogen and oxygen atoms in total. The summed E-state index contributed by atoms with van der Waals surface area (Å²) in [4.78, 5) is 0. The van der Waals surface area contributed by atoms with Crippen LogP contribution < -0.4 is 0 Å². The Balaban J connectivity index is 1.69.